The molecule has 3 aromatic carbocycles. The van der Waals surface area contributed by atoms with Crippen molar-refractivity contribution in [1.29, 1.82) is 0 Å². The Morgan fingerprint density at radius 2 is 1.62 bits per heavy atom. The fourth-order valence-corrected chi connectivity index (χ4v) is 3.97. The monoisotopic (exact) mass is 455 g/mol. The Kier molecular flexibility index (Phi) is 6.11. The number of hydrogen-bond donors (Lipinski definition) is 1. The molecule has 32 heavy (non-hydrogen) atoms. The minimum Gasteiger partial charge on any atom is -0.449 e. The standard InChI is InChI=1S/C25H17ClF3NO2/c26-18-13-16(12-17(14-18)25(27,28)29)6-5-11-30-24(31)32-15-23-21-9-3-1-7-19(21)20-8-2-4-10-22(20)23/h1-4,7-10,12-14,23H,11,15H2,(H,30,31). The first-order valence-corrected chi connectivity index (χ1v) is 10.2. The van der Waals surface area contributed by atoms with Crippen LogP contribution in [-0.2, 0) is 10.9 Å². The molecule has 0 fully saturated rings. The minimum absolute atomic E-state index is 0.0615. The van der Waals surface area contributed by atoms with E-state index in [0.717, 1.165) is 34.4 Å². The van der Waals surface area contributed by atoms with Crippen molar-refractivity contribution in [1.82, 2.24) is 5.32 Å². The van der Waals surface area contributed by atoms with Crippen LogP contribution in [0.3, 0.4) is 0 Å². The minimum atomic E-state index is -4.51. The first-order chi connectivity index (χ1) is 15.3. The topological polar surface area (TPSA) is 38.3 Å². The van der Waals surface area contributed by atoms with E-state index < -0.39 is 17.8 Å². The summed E-state index contributed by atoms with van der Waals surface area (Å²) in [6, 6.07) is 19.1. The quantitative estimate of drug-likeness (QED) is 0.474. The first kappa shape index (κ1) is 21.8. The molecule has 0 saturated heterocycles. The molecule has 3 aromatic rings. The Morgan fingerprint density at radius 1 is 1.00 bits per heavy atom. The smallest absolute Gasteiger partial charge is 0.416 e. The maximum absolute atomic E-state index is 12.9. The zero-order valence-electron chi connectivity index (χ0n) is 16.7. The van der Waals surface area contributed by atoms with Crippen LogP contribution in [0, 0.1) is 11.8 Å². The van der Waals surface area contributed by atoms with Crippen LogP contribution in [0.4, 0.5) is 18.0 Å². The third kappa shape index (κ3) is 4.74. The first-order valence-electron chi connectivity index (χ1n) is 9.78. The number of alkyl carbamates (subject to hydrolysis) is 1. The number of nitrogens with one attached hydrogen (secondary N) is 1. The second-order valence-electron chi connectivity index (χ2n) is 7.21. The van der Waals surface area contributed by atoms with Crippen LogP contribution in [0.25, 0.3) is 11.1 Å². The highest BCUT2D eigenvalue weighted by Crippen LogP contribution is 2.44. The van der Waals surface area contributed by atoms with Crippen molar-refractivity contribution in [3.05, 3.63) is 94.0 Å². The molecule has 0 aromatic heterocycles. The summed E-state index contributed by atoms with van der Waals surface area (Å²) in [5.74, 6) is 5.12. The lowest BCUT2D eigenvalue weighted by atomic mass is 9.98. The number of ether oxygens (including phenoxy) is 1. The summed E-state index contributed by atoms with van der Waals surface area (Å²) in [4.78, 5) is 12.1. The van der Waals surface area contributed by atoms with Crippen molar-refractivity contribution in [3.8, 4) is 23.0 Å². The molecule has 0 radical (unpaired) electrons. The van der Waals surface area contributed by atoms with E-state index in [4.69, 9.17) is 16.3 Å². The number of rotatable bonds is 3. The van der Waals surface area contributed by atoms with Crippen molar-refractivity contribution in [2.24, 2.45) is 0 Å². The fourth-order valence-electron chi connectivity index (χ4n) is 3.74. The summed E-state index contributed by atoms with van der Waals surface area (Å²) in [6.45, 7) is 0.0844. The lowest BCUT2D eigenvalue weighted by molar-refractivity contribution is -0.137. The van der Waals surface area contributed by atoms with Crippen LogP contribution in [0.2, 0.25) is 5.02 Å². The highest BCUT2D eigenvalue weighted by molar-refractivity contribution is 6.30. The van der Waals surface area contributed by atoms with E-state index in [1.54, 1.807) is 0 Å². The van der Waals surface area contributed by atoms with E-state index in [1.807, 2.05) is 48.5 Å². The van der Waals surface area contributed by atoms with Gasteiger partial charge >= 0.3 is 12.3 Å². The molecule has 162 valence electrons. The summed E-state index contributed by atoms with van der Waals surface area (Å²) in [6.07, 6.45) is -5.16. The zero-order valence-corrected chi connectivity index (χ0v) is 17.4. The normalized spacial score (nSPS) is 12.4. The van der Waals surface area contributed by atoms with E-state index in [0.29, 0.717) is 0 Å². The highest BCUT2D eigenvalue weighted by Gasteiger charge is 2.31. The molecule has 0 bridgehead atoms. The Labute approximate surface area is 188 Å². The van der Waals surface area contributed by atoms with Gasteiger partial charge < -0.3 is 10.1 Å². The van der Waals surface area contributed by atoms with Gasteiger partial charge in [-0.2, -0.15) is 13.2 Å². The van der Waals surface area contributed by atoms with Crippen LogP contribution < -0.4 is 5.32 Å². The third-order valence-electron chi connectivity index (χ3n) is 5.12. The van der Waals surface area contributed by atoms with Crippen molar-refractivity contribution in [3.63, 3.8) is 0 Å². The molecule has 0 saturated carbocycles. The maximum atomic E-state index is 12.9. The Bertz CT molecular complexity index is 1180. The van der Waals surface area contributed by atoms with Crippen LogP contribution in [-0.4, -0.2) is 19.2 Å². The molecule has 0 unspecified atom stereocenters. The van der Waals surface area contributed by atoms with Gasteiger partial charge in [0.1, 0.15) is 6.61 Å². The van der Waals surface area contributed by atoms with E-state index in [2.05, 4.69) is 17.2 Å². The Morgan fingerprint density at radius 3 is 2.25 bits per heavy atom. The van der Waals surface area contributed by atoms with Gasteiger partial charge in [0.05, 0.1) is 12.1 Å². The Balaban J connectivity index is 1.35. The second-order valence-corrected chi connectivity index (χ2v) is 7.64. The van der Waals surface area contributed by atoms with Gasteiger partial charge in [0, 0.05) is 16.5 Å². The largest absolute Gasteiger partial charge is 0.449 e. The molecule has 1 amide bonds. The molecule has 1 aliphatic carbocycles. The number of carbonyl (C=O) groups is 1. The Hall–Kier alpha value is -3.43. The van der Waals surface area contributed by atoms with Crippen molar-refractivity contribution in [2.75, 3.05) is 13.2 Å². The lowest BCUT2D eigenvalue weighted by Crippen LogP contribution is -2.26. The number of fused-ring (bicyclic) bond motifs is 3. The maximum Gasteiger partial charge on any atom is 0.416 e. The molecule has 3 nitrogen and oxygen atoms in total. The van der Waals surface area contributed by atoms with Crippen molar-refractivity contribution < 1.29 is 22.7 Å². The molecular formula is C25H17ClF3NO2. The van der Waals surface area contributed by atoms with Gasteiger partial charge in [-0.3, -0.25) is 0 Å². The number of benzene rings is 3. The molecule has 0 aliphatic heterocycles. The van der Waals surface area contributed by atoms with Gasteiger partial charge in [-0.15, -0.1) is 0 Å². The van der Waals surface area contributed by atoms with Gasteiger partial charge in [-0.25, -0.2) is 4.79 Å². The fraction of sp³-hybridized carbons (Fsp3) is 0.160. The van der Waals surface area contributed by atoms with Crippen molar-refractivity contribution in [2.45, 2.75) is 12.1 Å². The summed E-state index contributed by atoms with van der Waals surface area (Å²) in [5.41, 5.74) is 3.69. The number of alkyl halides is 3. The SMILES string of the molecule is O=C(NCC#Cc1cc(Cl)cc(C(F)(F)F)c1)OCC1c2ccccc2-c2ccccc21. The summed E-state index contributed by atoms with van der Waals surface area (Å²) < 4.78 is 44.0. The van der Waals surface area contributed by atoms with Crippen LogP contribution in [0.5, 0.6) is 0 Å². The van der Waals surface area contributed by atoms with Gasteiger partial charge in [-0.05, 0) is 40.5 Å². The van der Waals surface area contributed by atoms with Crippen molar-refractivity contribution >= 4 is 17.7 Å². The zero-order chi connectivity index (χ0) is 22.7. The molecule has 0 heterocycles. The molecule has 0 atom stereocenters. The average molecular weight is 456 g/mol. The van der Waals surface area contributed by atoms with Gasteiger partial charge in [0.25, 0.3) is 0 Å². The van der Waals surface area contributed by atoms with E-state index in [-0.39, 0.29) is 29.7 Å². The predicted molar refractivity (Wildman–Crippen MR) is 116 cm³/mol. The van der Waals surface area contributed by atoms with Gasteiger partial charge in [0.2, 0.25) is 0 Å². The molecular weight excluding hydrogens is 439 g/mol. The lowest BCUT2D eigenvalue weighted by Gasteiger charge is -2.14. The second kappa shape index (κ2) is 8.97. The van der Waals surface area contributed by atoms with Gasteiger partial charge in [-0.1, -0.05) is 72.0 Å². The third-order valence-corrected chi connectivity index (χ3v) is 5.34. The summed E-state index contributed by atoms with van der Waals surface area (Å²) >= 11 is 5.74. The molecule has 4 rings (SSSR count). The average Bonchev–Trinajstić information content (AvgIpc) is 3.08. The molecule has 1 N–H and O–H groups in total. The number of halogens is 4. The predicted octanol–water partition coefficient (Wildman–Crippen LogP) is 6.25. The number of carbonyl (C=O) groups excluding carboxylic acids is 1. The van der Waals surface area contributed by atoms with E-state index >= 15 is 0 Å². The summed E-state index contributed by atoms with van der Waals surface area (Å²) in [5, 5.41) is 2.43. The summed E-state index contributed by atoms with van der Waals surface area (Å²) in [7, 11) is 0. The molecule has 7 heteroatoms. The molecule has 0 spiro atoms. The highest BCUT2D eigenvalue weighted by atomic mass is 35.5. The molecule has 1 aliphatic rings. The van der Waals surface area contributed by atoms with E-state index in [1.165, 1.54) is 6.07 Å². The number of amides is 1. The number of hydrogen-bond acceptors (Lipinski definition) is 2. The van der Waals surface area contributed by atoms with Crippen LogP contribution in [0.1, 0.15) is 28.2 Å². The van der Waals surface area contributed by atoms with E-state index in [9.17, 15) is 18.0 Å². The van der Waals surface area contributed by atoms with Crippen LogP contribution in [0.15, 0.2) is 66.7 Å². The van der Waals surface area contributed by atoms with Crippen LogP contribution >= 0.6 is 11.6 Å². The van der Waals surface area contributed by atoms with Gasteiger partial charge in [0.15, 0.2) is 0 Å².